The largest absolute Gasteiger partial charge is 0.372 e. The van der Waals surface area contributed by atoms with E-state index in [4.69, 9.17) is 4.98 Å². The van der Waals surface area contributed by atoms with Crippen molar-refractivity contribution >= 4 is 17.2 Å². The Balaban J connectivity index is 1.61. The molecule has 0 unspecified atom stereocenters. The van der Waals surface area contributed by atoms with E-state index in [1.165, 1.54) is 24.1 Å². The molecule has 4 nitrogen and oxygen atoms in total. The zero-order valence-corrected chi connectivity index (χ0v) is 14.4. The van der Waals surface area contributed by atoms with Crippen LogP contribution in [0.1, 0.15) is 18.4 Å². The minimum atomic E-state index is 0.750. The molecular formula is C21H22N4. The van der Waals surface area contributed by atoms with Gasteiger partial charge in [0.25, 0.3) is 0 Å². The van der Waals surface area contributed by atoms with Gasteiger partial charge in [0.1, 0.15) is 5.82 Å². The maximum atomic E-state index is 4.71. The van der Waals surface area contributed by atoms with E-state index in [0.29, 0.717) is 0 Å². The lowest BCUT2D eigenvalue weighted by atomic mass is 10.1. The second-order valence-electron chi connectivity index (χ2n) is 6.45. The van der Waals surface area contributed by atoms with E-state index >= 15 is 0 Å². The summed E-state index contributed by atoms with van der Waals surface area (Å²) in [5.41, 5.74) is 4.57. The second-order valence-corrected chi connectivity index (χ2v) is 6.45. The molecule has 0 spiro atoms. The molecule has 3 aromatic rings. The number of nitrogens with one attached hydrogen (secondary N) is 1. The number of hydrogen-bond donors (Lipinski definition) is 1. The lowest BCUT2D eigenvalue weighted by molar-refractivity contribution is 0.949. The van der Waals surface area contributed by atoms with Gasteiger partial charge in [-0.3, -0.25) is 0 Å². The molecule has 0 saturated carbocycles. The minimum absolute atomic E-state index is 0.750. The highest BCUT2D eigenvalue weighted by Crippen LogP contribution is 2.26. The average molecular weight is 330 g/mol. The molecule has 1 N–H and O–H groups in total. The summed E-state index contributed by atoms with van der Waals surface area (Å²) in [5, 5.41) is 3.39. The Bertz CT molecular complexity index is 869. The van der Waals surface area contributed by atoms with Crippen LogP contribution in [0, 0.1) is 6.92 Å². The van der Waals surface area contributed by atoms with Crippen LogP contribution in [0.4, 0.5) is 17.2 Å². The fourth-order valence-electron chi connectivity index (χ4n) is 3.24. The predicted molar refractivity (Wildman–Crippen MR) is 103 cm³/mol. The molecule has 0 bridgehead atoms. The van der Waals surface area contributed by atoms with Gasteiger partial charge in [-0.15, -0.1) is 0 Å². The number of para-hydroxylation sites is 1. The smallest absolute Gasteiger partial charge is 0.161 e. The maximum absolute atomic E-state index is 4.71. The van der Waals surface area contributed by atoms with Crippen LogP contribution in [0.5, 0.6) is 0 Å². The standard InChI is InChI=1S/C21H22N4/c1-16-7-2-3-10-19(16)23-20-11-12-22-21(24-20)17-8-6-9-18(15-17)25-13-4-5-14-25/h2-3,6-12,15H,4-5,13-14H2,1H3,(H,22,23,24). The van der Waals surface area contributed by atoms with Crippen molar-refractivity contribution in [2.24, 2.45) is 0 Å². The van der Waals surface area contributed by atoms with Crippen LogP contribution in [0.2, 0.25) is 0 Å². The fourth-order valence-corrected chi connectivity index (χ4v) is 3.24. The monoisotopic (exact) mass is 330 g/mol. The Kier molecular flexibility index (Phi) is 4.34. The summed E-state index contributed by atoms with van der Waals surface area (Å²) in [6.45, 7) is 4.36. The van der Waals surface area contributed by atoms with Gasteiger partial charge in [-0.2, -0.15) is 0 Å². The molecule has 0 atom stereocenters. The topological polar surface area (TPSA) is 41.1 Å². The van der Waals surface area contributed by atoms with Crippen molar-refractivity contribution in [3.05, 3.63) is 66.4 Å². The molecular weight excluding hydrogens is 308 g/mol. The fraction of sp³-hybridized carbons (Fsp3) is 0.238. The third-order valence-electron chi connectivity index (χ3n) is 4.64. The number of hydrogen-bond acceptors (Lipinski definition) is 4. The molecule has 1 aliphatic rings. The molecule has 0 amide bonds. The number of aryl methyl sites for hydroxylation is 1. The molecule has 25 heavy (non-hydrogen) atoms. The predicted octanol–water partition coefficient (Wildman–Crippen LogP) is 4.80. The summed E-state index contributed by atoms with van der Waals surface area (Å²) in [5.74, 6) is 1.56. The van der Waals surface area contributed by atoms with Gasteiger partial charge in [0, 0.05) is 36.2 Å². The lowest BCUT2D eigenvalue weighted by Gasteiger charge is -2.18. The SMILES string of the molecule is Cc1ccccc1Nc1ccnc(-c2cccc(N3CCCC3)c2)n1. The molecule has 126 valence electrons. The summed E-state index contributed by atoms with van der Waals surface area (Å²) >= 11 is 0. The second kappa shape index (κ2) is 6.93. The van der Waals surface area contributed by atoms with Gasteiger partial charge in [-0.05, 0) is 49.6 Å². The first-order valence-electron chi connectivity index (χ1n) is 8.81. The summed E-state index contributed by atoms with van der Waals surface area (Å²) in [7, 11) is 0. The van der Waals surface area contributed by atoms with Gasteiger partial charge in [-0.25, -0.2) is 9.97 Å². The Hall–Kier alpha value is -2.88. The molecule has 2 aromatic carbocycles. The molecule has 1 saturated heterocycles. The molecule has 1 fully saturated rings. The maximum Gasteiger partial charge on any atom is 0.161 e. The number of nitrogens with zero attached hydrogens (tertiary/aromatic N) is 3. The van der Waals surface area contributed by atoms with E-state index in [2.05, 4.69) is 58.5 Å². The Labute approximate surface area is 148 Å². The Morgan fingerprint density at radius 1 is 0.960 bits per heavy atom. The first kappa shape index (κ1) is 15.6. The molecule has 1 aromatic heterocycles. The van der Waals surface area contributed by atoms with Gasteiger partial charge in [-0.1, -0.05) is 30.3 Å². The van der Waals surface area contributed by atoms with Crippen LogP contribution in [-0.2, 0) is 0 Å². The molecule has 0 aliphatic carbocycles. The van der Waals surface area contributed by atoms with Gasteiger partial charge >= 0.3 is 0 Å². The normalized spacial score (nSPS) is 13.9. The molecule has 2 heterocycles. The number of benzene rings is 2. The summed E-state index contributed by atoms with van der Waals surface area (Å²) in [6.07, 6.45) is 4.36. The van der Waals surface area contributed by atoms with Crippen molar-refractivity contribution < 1.29 is 0 Å². The van der Waals surface area contributed by atoms with Crippen molar-refractivity contribution in [3.8, 4) is 11.4 Å². The lowest BCUT2D eigenvalue weighted by Crippen LogP contribution is -2.17. The van der Waals surface area contributed by atoms with Gasteiger partial charge in [0.05, 0.1) is 0 Å². The molecule has 4 heteroatoms. The highest BCUT2D eigenvalue weighted by molar-refractivity contribution is 5.66. The first-order chi connectivity index (χ1) is 12.3. The van der Waals surface area contributed by atoms with Crippen LogP contribution in [-0.4, -0.2) is 23.1 Å². The van der Waals surface area contributed by atoms with E-state index in [-0.39, 0.29) is 0 Å². The summed E-state index contributed by atoms with van der Waals surface area (Å²) < 4.78 is 0. The molecule has 0 radical (unpaired) electrons. The van der Waals surface area contributed by atoms with E-state index in [1.807, 2.05) is 24.4 Å². The van der Waals surface area contributed by atoms with E-state index in [1.54, 1.807) is 0 Å². The van der Waals surface area contributed by atoms with Crippen LogP contribution in [0.15, 0.2) is 60.8 Å². The van der Waals surface area contributed by atoms with E-state index < -0.39 is 0 Å². The Morgan fingerprint density at radius 2 is 1.80 bits per heavy atom. The van der Waals surface area contributed by atoms with Crippen molar-refractivity contribution in [2.45, 2.75) is 19.8 Å². The first-order valence-corrected chi connectivity index (χ1v) is 8.81. The van der Waals surface area contributed by atoms with Crippen molar-refractivity contribution in [2.75, 3.05) is 23.3 Å². The molecule has 4 rings (SSSR count). The van der Waals surface area contributed by atoms with Crippen molar-refractivity contribution in [1.29, 1.82) is 0 Å². The van der Waals surface area contributed by atoms with Crippen LogP contribution < -0.4 is 10.2 Å². The highest BCUT2D eigenvalue weighted by Gasteiger charge is 2.13. The Morgan fingerprint density at radius 3 is 2.64 bits per heavy atom. The van der Waals surface area contributed by atoms with Gasteiger partial charge in [0.15, 0.2) is 5.82 Å². The van der Waals surface area contributed by atoms with E-state index in [9.17, 15) is 0 Å². The van der Waals surface area contributed by atoms with Crippen molar-refractivity contribution in [1.82, 2.24) is 9.97 Å². The number of aromatic nitrogens is 2. The number of rotatable bonds is 4. The van der Waals surface area contributed by atoms with Gasteiger partial charge in [0.2, 0.25) is 0 Å². The quantitative estimate of drug-likeness (QED) is 0.746. The highest BCUT2D eigenvalue weighted by atomic mass is 15.1. The van der Waals surface area contributed by atoms with Crippen molar-refractivity contribution in [3.63, 3.8) is 0 Å². The third kappa shape index (κ3) is 3.48. The molecule has 1 aliphatic heterocycles. The minimum Gasteiger partial charge on any atom is -0.372 e. The average Bonchev–Trinajstić information content (AvgIpc) is 3.19. The summed E-state index contributed by atoms with van der Waals surface area (Å²) in [4.78, 5) is 11.6. The van der Waals surface area contributed by atoms with Crippen LogP contribution in [0.25, 0.3) is 11.4 Å². The zero-order valence-electron chi connectivity index (χ0n) is 14.4. The van der Waals surface area contributed by atoms with Crippen LogP contribution >= 0.6 is 0 Å². The van der Waals surface area contributed by atoms with Gasteiger partial charge < -0.3 is 10.2 Å². The number of anilines is 3. The third-order valence-corrected chi connectivity index (χ3v) is 4.64. The van der Waals surface area contributed by atoms with E-state index in [0.717, 1.165) is 36.0 Å². The zero-order chi connectivity index (χ0) is 17.1. The summed E-state index contributed by atoms with van der Waals surface area (Å²) in [6, 6.07) is 18.6. The van der Waals surface area contributed by atoms with Crippen LogP contribution in [0.3, 0.4) is 0 Å².